The van der Waals surface area contributed by atoms with Gasteiger partial charge >= 0.3 is 0 Å². The molecule has 0 saturated carbocycles. The maximum atomic E-state index is 10.1. The van der Waals surface area contributed by atoms with E-state index >= 15 is 0 Å². The lowest BCUT2D eigenvalue weighted by atomic mass is 9.93. The molecule has 2 saturated heterocycles. The monoisotopic (exact) mass is 466 g/mol. The van der Waals surface area contributed by atoms with Gasteiger partial charge in [-0.25, -0.2) is 0 Å². The Hall–Kier alpha value is -1.88. The van der Waals surface area contributed by atoms with E-state index in [2.05, 4.69) is 11.8 Å². The quantitative estimate of drug-likeness (QED) is 0.210. The third-order valence-corrected chi connectivity index (χ3v) is 5.83. The van der Waals surface area contributed by atoms with Gasteiger partial charge in [0.2, 0.25) is 0 Å². The highest BCUT2D eigenvalue weighted by Crippen LogP contribution is 2.24. The van der Waals surface area contributed by atoms with Gasteiger partial charge < -0.3 is 50.3 Å². The van der Waals surface area contributed by atoms with Gasteiger partial charge in [0.1, 0.15) is 54.9 Å². The molecular formula is C23H30O10. The maximum absolute atomic E-state index is 10.1. The van der Waals surface area contributed by atoms with Gasteiger partial charge in [0, 0.05) is 5.56 Å². The van der Waals surface area contributed by atoms with Crippen LogP contribution in [0.25, 0.3) is 6.08 Å². The molecular weight excluding hydrogens is 436 g/mol. The van der Waals surface area contributed by atoms with Crippen LogP contribution >= 0.6 is 0 Å². The van der Waals surface area contributed by atoms with Gasteiger partial charge in [0.25, 0.3) is 0 Å². The Morgan fingerprint density at radius 3 is 1.85 bits per heavy atom. The molecule has 2 fully saturated rings. The lowest BCUT2D eigenvalue weighted by Crippen LogP contribution is -2.58. The summed E-state index contributed by atoms with van der Waals surface area (Å²) < 4.78 is 10.8. The van der Waals surface area contributed by atoms with Crippen LogP contribution in [0.4, 0.5) is 0 Å². The van der Waals surface area contributed by atoms with Gasteiger partial charge in [-0.3, -0.25) is 0 Å². The van der Waals surface area contributed by atoms with Crippen molar-refractivity contribution in [3.8, 4) is 11.8 Å². The van der Waals surface area contributed by atoms with Crippen LogP contribution in [0.5, 0.6) is 0 Å². The van der Waals surface area contributed by atoms with Crippen molar-refractivity contribution < 1.29 is 50.3 Å². The van der Waals surface area contributed by atoms with E-state index < -0.39 is 74.3 Å². The molecule has 2 heterocycles. The van der Waals surface area contributed by atoms with Gasteiger partial charge in [-0.05, 0) is 24.1 Å². The Morgan fingerprint density at radius 2 is 1.24 bits per heavy atom. The molecule has 10 atom stereocenters. The minimum absolute atomic E-state index is 0.250. The first-order chi connectivity index (χ1) is 15.8. The van der Waals surface area contributed by atoms with Gasteiger partial charge in [-0.15, -0.1) is 0 Å². The van der Waals surface area contributed by atoms with Crippen molar-refractivity contribution >= 4 is 6.08 Å². The predicted molar refractivity (Wildman–Crippen MR) is 115 cm³/mol. The van der Waals surface area contributed by atoms with Crippen LogP contribution in [0, 0.1) is 11.8 Å². The first kappa shape index (κ1) is 25.7. The summed E-state index contributed by atoms with van der Waals surface area (Å²) in [6, 6.07) is 7.01. The number of benzene rings is 1. The summed E-state index contributed by atoms with van der Waals surface area (Å²) in [6.07, 6.45) is -8.45. The fourth-order valence-corrected chi connectivity index (χ4v) is 3.76. The van der Waals surface area contributed by atoms with Crippen LogP contribution in [-0.2, 0) is 9.47 Å². The molecule has 182 valence electrons. The zero-order chi connectivity index (χ0) is 24.1. The second-order valence-corrected chi connectivity index (χ2v) is 8.15. The van der Waals surface area contributed by atoms with Gasteiger partial charge in [0.15, 0.2) is 0 Å². The van der Waals surface area contributed by atoms with E-state index in [4.69, 9.17) is 9.47 Å². The number of aliphatic hydroxyl groups excluding tert-OH is 8. The molecule has 3 rings (SSSR count). The SMILES string of the molecule is OC[C@H]1O[C@H](C/C=C/c2ccc(C#C[C@H]3O[C@H](CO)[C@@H](O)[C@H](O)[C@H]3O)cc2)[C@@H](O)[C@@H](O)[C@@H]1O. The van der Waals surface area contributed by atoms with Crippen molar-refractivity contribution in [2.75, 3.05) is 13.2 Å². The van der Waals surface area contributed by atoms with Crippen LogP contribution in [0.1, 0.15) is 17.5 Å². The highest BCUT2D eigenvalue weighted by molar-refractivity contribution is 5.51. The standard InChI is InChI=1S/C23H30O10/c24-10-16-20(28)22(30)18(26)14(32-16)3-1-2-12-4-6-13(7-5-12)8-9-15-19(27)23(31)21(29)17(11-25)33-15/h1-2,4-7,14-31H,3,10-11H2/b2-1+/t14-,15-,16-,17-,18-,19+,20-,21-,22-,23-/m1/s1. The van der Waals surface area contributed by atoms with E-state index in [0.717, 1.165) is 5.56 Å². The van der Waals surface area contributed by atoms with E-state index in [0.29, 0.717) is 5.56 Å². The molecule has 0 radical (unpaired) electrons. The van der Waals surface area contributed by atoms with Crippen molar-refractivity contribution in [2.45, 2.75) is 67.5 Å². The van der Waals surface area contributed by atoms with E-state index in [1.807, 2.05) is 0 Å². The Balaban J connectivity index is 1.58. The van der Waals surface area contributed by atoms with Crippen molar-refractivity contribution in [1.29, 1.82) is 0 Å². The van der Waals surface area contributed by atoms with Gasteiger partial charge in [0.05, 0.1) is 19.3 Å². The number of rotatable bonds is 5. The van der Waals surface area contributed by atoms with Crippen molar-refractivity contribution in [2.24, 2.45) is 0 Å². The summed E-state index contributed by atoms with van der Waals surface area (Å²) in [5.41, 5.74) is 1.43. The first-order valence-electron chi connectivity index (χ1n) is 10.7. The highest BCUT2D eigenvalue weighted by atomic mass is 16.5. The average Bonchev–Trinajstić information content (AvgIpc) is 2.83. The Bertz CT molecular complexity index is 843. The minimum atomic E-state index is -1.48. The van der Waals surface area contributed by atoms with E-state index in [1.54, 1.807) is 36.4 Å². The lowest BCUT2D eigenvalue weighted by molar-refractivity contribution is -0.227. The molecule has 1 aromatic carbocycles. The molecule has 33 heavy (non-hydrogen) atoms. The summed E-state index contributed by atoms with van der Waals surface area (Å²) in [5, 5.41) is 77.8. The summed E-state index contributed by atoms with van der Waals surface area (Å²) >= 11 is 0. The lowest BCUT2D eigenvalue weighted by Gasteiger charge is -2.39. The molecule has 0 bridgehead atoms. The fraction of sp³-hybridized carbons (Fsp3) is 0.565. The van der Waals surface area contributed by atoms with Crippen LogP contribution in [0.15, 0.2) is 30.3 Å². The molecule has 0 amide bonds. The van der Waals surface area contributed by atoms with Gasteiger partial charge in [-0.2, -0.15) is 0 Å². The summed E-state index contributed by atoms with van der Waals surface area (Å²) in [7, 11) is 0. The predicted octanol–water partition coefficient (Wildman–Crippen LogP) is -2.87. The normalized spacial score (nSPS) is 39.3. The average molecular weight is 466 g/mol. The molecule has 0 aliphatic carbocycles. The van der Waals surface area contributed by atoms with E-state index in [9.17, 15) is 40.9 Å². The molecule has 0 unspecified atom stereocenters. The molecule has 1 aromatic rings. The Morgan fingerprint density at radius 1 is 0.697 bits per heavy atom. The molecule has 2 aliphatic rings. The number of aliphatic hydroxyl groups is 8. The second kappa shape index (κ2) is 11.5. The summed E-state index contributed by atoms with van der Waals surface area (Å²) in [6.45, 7) is -0.996. The summed E-state index contributed by atoms with van der Waals surface area (Å²) in [5.74, 6) is 5.52. The van der Waals surface area contributed by atoms with Crippen LogP contribution in [0.2, 0.25) is 0 Å². The maximum Gasteiger partial charge on any atom is 0.147 e. The van der Waals surface area contributed by atoms with E-state index in [1.165, 1.54) is 0 Å². The molecule has 0 spiro atoms. The molecule has 10 heteroatoms. The van der Waals surface area contributed by atoms with Crippen molar-refractivity contribution in [3.63, 3.8) is 0 Å². The number of ether oxygens (including phenoxy) is 2. The first-order valence-corrected chi connectivity index (χ1v) is 10.7. The zero-order valence-corrected chi connectivity index (χ0v) is 17.8. The molecule has 0 aromatic heterocycles. The third kappa shape index (κ3) is 5.98. The second-order valence-electron chi connectivity index (χ2n) is 8.15. The highest BCUT2D eigenvalue weighted by Gasteiger charge is 2.43. The number of hydrogen-bond donors (Lipinski definition) is 8. The smallest absolute Gasteiger partial charge is 0.147 e. The topological polar surface area (TPSA) is 180 Å². The largest absolute Gasteiger partial charge is 0.394 e. The Kier molecular flexibility index (Phi) is 8.97. The van der Waals surface area contributed by atoms with Crippen LogP contribution in [-0.4, -0.2) is 115 Å². The van der Waals surface area contributed by atoms with Crippen LogP contribution in [0.3, 0.4) is 0 Å². The zero-order valence-electron chi connectivity index (χ0n) is 17.8. The van der Waals surface area contributed by atoms with Crippen LogP contribution < -0.4 is 0 Å². The summed E-state index contributed by atoms with van der Waals surface area (Å²) in [4.78, 5) is 0. The van der Waals surface area contributed by atoms with Crippen molar-refractivity contribution in [3.05, 3.63) is 41.5 Å². The molecule has 8 N–H and O–H groups in total. The number of hydrogen-bond acceptors (Lipinski definition) is 10. The molecule has 2 aliphatic heterocycles. The van der Waals surface area contributed by atoms with Gasteiger partial charge in [-0.1, -0.05) is 36.1 Å². The Labute approximate surface area is 191 Å². The fourth-order valence-electron chi connectivity index (χ4n) is 3.76. The third-order valence-electron chi connectivity index (χ3n) is 5.83. The minimum Gasteiger partial charge on any atom is -0.394 e. The van der Waals surface area contributed by atoms with E-state index in [-0.39, 0.29) is 6.42 Å². The molecule has 10 nitrogen and oxygen atoms in total. The van der Waals surface area contributed by atoms with Crippen molar-refractivity contribution in [1.82, 2.24) is 0 Å².